The summed E-state index contributed by atoms with van der Waals surface area (Å²) in [6.45, 7) is 0.839. The van der Waals surface area contributed by atoms with Crippen molar-refractivity contribution in [2.24, 2.45) is 0 Å². The fourth-order valence-corrected chi connectivity index (χ4v) is 3.87. The molecule has 0 aromatic heterocycles. The molecular weight excluding hydrogens is 335 g/mol. The summed E-state index contributed by atoms with van der Waals surface area (Å²) in [7, 11) is -3.55. The van der Waals surface area contributed by atoms with E-state index < -0.39 is 15.8 Å². The second-order valence-corrected chi connectivity index (χ2v) is 7.34. The molecular formula is C12H16BrFN2O2S. The van der Waals surface area contributed by atoms with Gasteiger partial charge in [0, 0.05) is 10.5 Å². The van der Waals surface area contributed by atoms with Crippen molar-refractivity contribution in [2.75, 3.05) is 17.0 Å². The van der Waals surface area contributed by atoms with Gasteiger partial charge in [-0.05, 0) is 37.6 Å². The molecule has 2 rings (SSSR count). The summed E-state index contributed by atoms with van der Waals surface area (Å²) < 4.78 is 40.4. The minimum absolute atomic E-state index is 0.0230. The van der Waals surface area contributed by atoms with Crippen LogP contribution in [0.15, 0.2) is 22.7 Å². The minimum atomic E-state index is -3.55. The highest BCUT2D eigenvalue weighted by Gasteiger charge is 2.21. The van der Waals surface area contributed by atoms with Crippen LogP contribution in [0.25, 0.3) is 0 Å². The van der Waals surface area contributed by atoms with E-state index in [2.05, 4.69) is 26.0 Å². The number of halogens is 2. The molecule has 0 saturated carbocycles. The molecule has 0 bridgehead atoms. The van der Waals surface area contributed by atoms with Gasteiger partial charge in [0.15, 0.2) is 0 Å². The van der Waals surface area contributed by atoms with Crippen molar-refractivity contribution in [2.45, 2.75) is 25.3 Å². The normalized spacial score (nSPS) is 20.2. The molecule has 1 atom stereocenters. The summed E-state index contributed by atoms with van der Waals surface area (Å²) in [5, 5.41) is 3.16. The van der Waals surface area contributed by atoms with Crippen molar-refractivity contribution in [1.82, 2.24) is 5.32 Å². The van der Waals surface area contributed by atoms with E-state index in [4.69, 9.17) is 0 Å². The van der Waals surface area contributed by atoms with Gasteiger partial charge in [-0.15, -0.1) is 0 Å². The molecule has 0 radical (unpaired) electrons. The van der Waals surface area contributed by atoms with Crippen LogP contribution in [0.5, 0.6) is 0 Å². The molecule has 1 aromatic carbocycles. The summed E-state index contributed by atoms with van der Waals surface area (Å²) in [4.78, 5) is 0. The number of rotatable bonds is 4. The molecule has 2 N–H and O–H groups in total. The Labute approximate surface area is 121 Å². The van der Waals surface area contributed by atoms with Crippen LogP contribution in [0, 0.1) is 5.82 Å². The molecule has 1 unspecified atom stereocenters. The molecule has 19 heavy (non-hydrogen) atoms. The molecule has 7 heteroatoms. The molecule has 0 spiro atoms. The highest BCUT2D eigenvalue weighted by Crippen LogP contribution is 2.21. The monoisotopic (exact) mass is 350 g/mol. The zero-order valence-corrected chi connectivity index (χ0v) is 12.7. The van der Waals surface area contributed by atoms with Crippen molar-refractivity contribution < 1.29 is 12.8 Å². The molecule has 0 amide bonds. The van der Waals surface area contributed by atoms with Crippen LogP contribution in [-0.4, -0.2) is 26.8 Å². The van der Waals surface area contributed by atoms with Crippen LogP contribution in [0.3, 0.4) is 0 Å². The number of benzene rings is 1. The quantitative estimate of drug-likeness (QED) is 0.876. The third-order valence-corrected chi connectivity index (χ3v) is 4.89. The van der Waals surface area contributed by atoms with Gasteiger partial charge in [-0.25, -0.2) is 12.8 Å². The standard InChI is InChI=1S/C12H16BrFN2O2S/c13-9-4-5-11(14)12(7-9)16-19(17,18)8-10-3-1-2-6-15-10/h4-5,7,10,15-16H,1-3,6,8H2. The molecule has 1 fully saturated rings. The SMILES string of the molecule is O=S(=O)(CC1CCCCN1)Nc1cc(Br)ccc1F. The van der Waals surface area contributed by atoms with Crippen LogP contribution in [-0.2, 0) is 10.0 Å². The number of hydrogen-bond acceptors (Lipinski definition) is 3. The van der Waals surface area contributed by atoms with Gasteiger partial charge in [-0.3, -0.25) is 4.72 Å². The molecule has 1 saturated heterocycles. The van der Waals surface area contributed by atoms with E-state index in [-0.39, 0.29) is 17.5 Å². The second-order valence-electron chi connectivity index (χ2n) is 4.65. The molecule has 1 heterocycles. The van der Waals surface area contributed by atoms with Gasteiger partial charge in [0.2, 0.25) is 10.0 Å². The average Bonchev–Trinajstić information content (AvgIpc) is 2.34. The largest absolute Gasteiger partial charge is 0.313 e. The molecule has 106 valence electrons. The van der Waals surface area contributed by atoms with Gasteiger partial charge in [0.05, 0.1) is 11.4 Å². The Hall–Kier alpha value is -0.660. The lowest BCUT2D eigenvalue weighted by molar-refractivity contribution is 0.424. The van der Waals surface area contributed by atoms with Crippen molar-refractivity contribution in [3.63, 3.8) is 0 Å². The van der Waals surface area contributed by atoms with E-state index in [0.29, 0.717) is 4.47 Å². The average molecular weight is 351 g/mol. The minimum Gasteiger partial charge on any atom is -0.313 e. The van der Waals surface area contributed by atoms with Gasteiger partial charge in [0.1, 0.15) is 5.82 Å². The number of sulfonamides is 1. The van der Waals surface area contributed by atoms with E-state index in [1.807, 2.05) is 0 Å². The zero-order valence-electron chi connectivity index (χ0n) is 10.3. The lowest BCUT2D eigenvalue weighted by Crippen LogP contribution is -2.40. The van der Waals surface area contributed by atoms with E-state index in [1.54, 1.807) is 0 Å². The Balaban J connectivity index is 2.05. The Morgan fingerprint density at radius 3 is 2.89 bits per heavy atom. The molecule has 1 aromatic rings. The second kappa shape index (κ2) is 6.19. The van der Waals surface area contributed by atoms with Gasteiger partial charge in [-0.2, -0.15) is 0 Å². The first-order valence-electron chi connectivity index (χ1n) is 6.15. The van der Waals surface area contributed by atoms with Gasteiger partial charge in [0.25, 0.3) is 0 Å². The summed E-state index contributed by atoms with van der Waals surface area (Å²) in [5.74, 6) is -0.609. The Bertz CT molecular complexity index is 545. The number of hydrogen-bond donors (Lipinski definition) is 2. The first kappa shape index (κ1) is 14.7. The smallest absolute Gasteiger partial charge is 0.234 e. The zero-order chi connectivity index (χ0) is 13.9. The van der Waals surface area contributed by atoms with Crippen molar-refractivity contribution in [3.8, 4) is 0 Å². The summed E-state index contributed by atoms with van der Waals surface area (Å²) in [5.41, 5.74) is -0.0230. The Kier molecular flexibility index (Phi) is 4.81. The van der Waals surface area contributed by atoms with Gasteiger partial charge >= 0.3 is 0 Å². The third kappa shape index (κ3) is 4.43. The number of piperidine rings is 1. The molecule has 1 aliphatic heterocycles. The first-order chi connectivity index (χ1) is 8.96. The maximum Gasteiger partial charge on any atom is 0.234 e. The fraction of sp³-hybridized carbons (Fsp3) is 0.500. The number of anilines is 1. The van der Waals surface area contributed by atoms with E-state index in [9.17, 15) is 12.8 Å². The Morgan fingerprint density at radius 2 is 2.21 bits per heavy atom. The van der Waals surface area contributed by atoms with E-state index in [0.717, 1.165) is 25.8 Å². The predicted molar refractivity (Wildman–Crippen MR) is 77.2 cm³/mol. The maximum absolute atomic E-state index is 13.5. The van der Waals surface area contributed by atoms with Crippen LogP contribution >= 0.6 is 15.9 Å². The lowest BCUT2D eigenvalue weighted by Gasteiger charge is -2.23. The summed E-state index contributed by atoms with van der Waals surface area (Å²) in [6.07, 6.45) is 2.94. The third-order valence-electron chi connectivity index (χ3n) is 3.03. The van der Waals surface area contributed by atoms with Crippen LogP contribution in [0.4, 0.5) is 10.1 Å². The summed E-state index contributed by atoms with van der Waals surface area (Å²) >= 11 is 3.19. The first-order valence-corrected chi connectivity index (χ1v) is 8.60. The van der Waals surface area contributed by atoms with Gasteiger partial charge in [-0.1, -0.05) is 22.4 Å². The van der Waals surface area contributed by atoms with Crippen LogP contribution in [0.2, 0.25) is 0 Å². The van der Waals surface area contributed by atoms with E-state index in [1.165, 1.54) is 18.2 Å². The topological polar surface area (TPSA) is 58.2 Å². The Morgan fingerprint density at radius 1 is 1.42 bits per heavy atom. The molecule has 4 nitrogen and oxygen atoms in total. The van der Waals surface area contributed by atoms with Crippen LogP contribution < -0.4 is 10.0 Å². The van der Waals surface area contributed by atoms with Crippen molar-refractivity contribution >= 4 is 31.6 Å². The van der Waals surface area contributed by atoms with Gasteiger partial charge < -0.3 is 5.32 Å². The molecule has 0 aliphatic carbocycles. The summed E-state index contributed by atoms with van der Waals surface area (Å²) in [6, 6.07) is 4.11. The lowest BCUT2D eigenvalue weighted by atomic mass is 10.1. The van der Waals surface area contributed by atoms with E-state index >= 15 is 0 Å². The highest BCUT2D eigenvalue weighted by molar-refractivity contribution is 9.10. The fourth-order valence-electron chi connectivity index (χ4n) is 2.12. The van der Waals surface area contributed by atoms with Crippen LogP contribution in [0.1, 0.15) is 19.3 Å². The van der Waals surface area contributed by atoms with Crippen molar-refractivity contribution in [3.05, 3.63) is 28.5 Å². The predicted octanol–water partition coefficient (Wildman–Crippen LogP) is 2.47. The molecule has 1 aliphatic rings. The van der Waals surface area contributed by atoms with Crippen molar-refractivity contribution in [1.29, 1.82) is 0 Å². The maximum atomic E-state index is 13.5. The number of nitrogens with one attached hydrogen (secondary N) is 2. The highest BCUT2D eigenvalue weighted by atomic mass is 79.9.